The van der Waals surface area contributed by atoms with Crippen molar-refractivity contribution in [3.05, 3.63) is 23.2 Å². The lowest BCUT2D eigenvalue weighted by molar-refractivity contribution is 0.168. The Morgan fingerprint density at radius 1 is 1.30 bits per heavy atom. The Morgan fingerprint density at radius 3 is 2.65 bits per heavy atom. The number of fused-ring (bicyclic) bond motifs is 2. The molecule has 2 aliphatic heterocycles. The van der Waals surface area contributed by atoms with Crippen LogP contribution in [0.25, 0.3) is 0 Å². The van der Waals surface area contributed by atoms with Crippen LogP contribution < -0.4 is 10.1 Å². The summed E-state index contributed by atoms with van der Waals surface area (Å²) in [7, 11) is 2.27. The summed E-state index contributed by atoms with van der Waals surface area (Å²) in [5, 5.41) is 4.42. The monoisotopic (exact) mass is 294 g/mol. The van der Waals surface area contributed by atoms with Crippen LogP contribution in [0.15, 0.2) is 18.2 Å². The minimum Gasteiger partial charge on any atom is -0.492 e. The molecule has 0 aromatic heterocycles. The largest absolute Gasteiger partial charge is 0.492 e. The van der Waals surface area contributed by atoms with Crippen LogP contribution in [0.4, 0.5) is 5.69 Å². The molecule has 2 fully saturated rings. The average Bonchev–Trinajstić information content (AvgIpc) is 2.64. The molecule has 20 heavy (non-hydrogen) atoms. The zero-order chi connectivity index (χ0) is 14.1. The first kappa shape index (κ1) is 14.0. The quantitative estimate of drug-likeness (QED) is 0.915. The van der Waals surface area contributed by atoms with Gasteiger partial charge >= 0.3 is 0 Å². The van der Waals surface area contributed by atoms with Crippen LogP contribution in [-0.4, -0.2) is 36.7 Å². The van der Waals surface area contributed by atoms with E-state index in [2.05, 4.69) is 17.3 Å². The molecule has 1 N–H and O–H groups in total. The third kappa shape index (κ3) is 2.75. The molecule has 2 saturated heterocycles. The number of hydrogen-bond acceptors (Lipinski definition) is 3. The molecule has 0 radical (unpaired) electrons. The second-order valence-corrected chi connectivity index (χ2v) is 6.37. The van der Waals surface area contributed by atoms with Crippen molar-refractivity contribution >= 4 is 17.3 Å². The lowest BCUT2D eigenvalue weighted by Gasteiger charge is -2.37. The zero-order valence-electron chi connectivity index (χ0n) is 12.2. The number of ether oxygens (including phenoxy) is 1. The Hall–Kier alpha value is -0.930. The standard InChI is InChI=1S/C16H23ClN2O/c1-3-20-16-7-4-11(17)8-15(16)18-12-9-13-5-6-14(10-12)19(13)2/h4,7-8,12-14,18H,3,5-6,9-10H2,1-2H3. The zero-order valence-corrected chi connectivity index (χ0v) is 13.0. The van der Waals surface area contributed by atoms with Crippen molar-refractivity contribution in [1.82, 2.24) is 4.90 Å². The summed E-state index contributed by atoms with van der Waals surface area (Å²) >= 11 is 6.12. The van der Waals surface area contributed by atoms with Crippen LogP contribution in [-0.2, 0) is 0 Å². The SMILES string of the molecule is CCOc1ccc(Cl)cc1NC1CC2CCC(C1)N2C. The summed E-state index contributed by atoms with van der Waals surface area (Å²) in [6, 6.07) is 7.82. The number of rotatable bonds is 4. The molecule has 2 heterocycles. The summed E-state index contributed by atoms with van der Waals surface area (Å²) < 4.78 is 5.69. The fourth-order valence-corrected chi connectivity index (χ4v) is 3.82. The summed E-state index contributed by atoms with van der Waals surface area (Å²) in [6.07, 6.45) is 5.11. The molecular weight excluding hydrogens is 272 g/mol. The van der Waals surface area contributed by atoms with Gasteiger partial charge in [-0.25, -0.2) is 0 Å². The fraction of sp³-hybridized carbons (Fsp3) is 0.625. The van der Waals surface area contributed by atoms with E-state index in [9.17, 15) is 0 Å². The third-order valence-electron chi connectivity index (χ3n) is 4.70. The Morgan fingerprint density at radius 2 is 2.00 bits per heavy atom. The summed E-state index contributed by atoms with van der Waals surface area (Å²) in [6.45, 7) is 2.68. The lowest BCUT2D eigenvalue weighted by Crippen LogP contribution is -2.44. The summed E-state index contributed by atoms with van der Waals surface area (Å²) in [5.41, 5.74) is 1.04. The molecule has 0 saturated carbocycles. The Balaban J connectivity index is 1.73. The molecular formula is C16H23ClN2O. The predicted molar refractivity (Wildman–Crippen MR) is 83.8 cm³/mol. The lowest BCUT2D eigenvalue weighted by atomic mass is 9.97. The molecule has 3 rings (SSSR count). The van der Waals surface area contributed by atoms with Crippen LogP contribution in [0.2, 0.25) is 5.02 Å². The summed E-state index contributed by atoms with van der Waals surface area (Å²) in [5.74, 6) is 0.906. The van der Waals surface area contributed by atoms with Crippen LogP contribution in [0, 0.1) is 0 Å². The van der Waals surface area contributed by atoms with Crippen LogP contribution in [0.1, 0.15) is 32.6 Å². The van der Waals surface area contributed by atoms with E-state index >= 15 is 0 Å². The molecule has 2 atom stereocenters. The van der Waals surface area contributed by atoms with E-state index < -0.39 is 0 Å². The van der Waals surface area contributed by atoms with Crippen molar-refractivity contribution in [2.45, 2.75) is 50.7 Å². The second kappa shape index (κ2) is 5.82. The predicted octanol–water partition coefficient (Wildman–Crippen LogP) is 3.78. The number of halogens is 1. The highest BCUT2D eigenvalue weighted by atomic mass is 35.5. The van der Waals surface area contributed by atoms with Gasteiger partial charge in [-0.1, -0.05) is 11.6 Å². The van der Waals surface area contributed by atoms with Crippen molar-refractivity contribution < 1.29 is 4.74 Å². The number of piperidine rings is 1. The van der Waals surface area contributed by atoms with Gasteiger partial charge in [0.05, 0.1) is 12.3 Å². The van der Waals surface area contributed by atoms with E-state index in [0.717, 1.165) is 28.5 Å². The topological polar surface area (TPSA) is 24.5 Å². The number of hydrogen-bond donors (Lipinski definition) is 1. The summed E-state index contributed by atoms with van der Waals surface area (Å²) in [4.78, 5) is 2.56. The van der Waals surface area contributed by atoms with Crippen LogP contribution >= 0.6 is 11.6 Å². The second-order valence-electron chi connectivity index (χ2n) is 5.94. The highest BCUT2D eigenvalue weighted by Gasteiger charge is 2.38. The van der Waals surface area contributed by atoms with Crippen molar-refractivity contribution in [3.8, 4) is 5.75 Å². The first-order valence-corrected chi connectivity index (χ1v) is 7.96. The minimum absolute atomic E-state index is 0.529. The molecule has 2 unspecified atom stereocenters. The first-order chi connectivity index (χ1) is 9.67. The van der Waals surface area contributed by atoms with Gasteiger partial charge in [0.25, 0.3) is 0 Å². The van der Waals surface area contributed by atoms with Gasteiger partial charge in [0, 0.05) is 23.1 Å². The van der Waals surface area contributed by atoms with Crippen molar-refractivity contribution in [1.29, 1.82) is 0 Å². The molecule has 4 heteroatoms. The average molecular weight is 295 g/mol. The van der Waals surface area contributed by atoms with Gasteiger partial charge < -0.3 is 15.0 Å². The third-order valence-corrected chi connectivity index (χ3v) is 4.93. The number of benzene rings is 1. The van der Waals surface area contributed by atoms with Crippen molar-refractivity contribution in [3.63, 3.8) is 0 Å². The number of nitrogens with one attached hydrogen (secondary N) is 1. The highest BCUT2D eigenvalue weighted by molar-refractivity contribution is 6.30. The smallest absolute Gasteiger partial charge is 0.142 e. The van der Waals surface area contributed by atoms with E-state index in [1.165, 1.54) is 25.7 Å². The molecule has 1 aromatic rings. The van der Waals surface area contributed by atoms with E-state index in [1.807, 2.05) is 25.1 Å². The Kier molecular flexibility index (Phi) is 4.08. The molecule has 2 bridgehead atoms. The van der Waals surface area contributed by atoms with Gasteiger partial charge in [-0.15, -0.1) is 0 Å². The van der Waals surface area contributed by atoms with Gasteiger partial charge in [-0.05, 0) is 57.9 Å². The molecule has 0 aliphatic carbocycles. The Labute approximate surface area is 126 Å². The molecule has 110 valence electrons. The van der Waals surface area contributed by atoms with Crippen molar-refractivity contribution in [2.75, 3.05) is 19.0 Å². The van der Waals surface area contributed by atoms with Crippen molar-refractivity contribution in [2.24, 2.45) is 0 Å². The fourth-order valence-electron chi connectivity index (χ4n) is 3.65. The molecule has 2 aliphatic rings. The maximum absolute atomic E-state index is 6.12. The van der Waals surface area contributed by atoms with E-state index in [1.54, 1.807) is 0 Å². The number of anilines is 1. The molecule has 3 nitrogen and oxygen atoms in total. The first-order valence-electron chi connectivity index (χ1n) is 7.58. The van der Waals surface area contributed by atoms with Gasteiger partial charge in [0.1, 0.15) is 5.75 Å². The van der Waals surface area contributed by atoms with Gasteiger partial charge in [-0.2, -0.15) is 0 Å². The molecule has 0 amide bonds. The van der Waals surface area contributed by atoms with Gasteiger partial charge in [-0.3, -0.25) is 0 Å². The number of nitrogens with zero attached hydrogens (tertiary/aromatic N) is 1. The van der Waals surface area contributed by atoms with E-state index in [-0.39, 0.29) is 0 Å². The maximum Gasteiger partial charge on any atom is 0.142 e. The minimum atomic E-state index is 0.529. The molecule has 0 spiro atoms. The highest BCUT2D eigenvalue weighted by Crippen LogP contribution is 2.37. The van der Waals surface area contributed by atoms with Crippen LogP contribution in [0.3, 0.4) is 0 Å². The van der Waals surface area contributed by atoms with Gasteiger partial charge in [0.2, 0.25) is 0 Å². The maximum atomic E-state index is 6.12. The normalized spacial score (nSPS) is 29.4. The molecule has 1 aromatic carbocycles. The van der Waals surface area contributed by atoms with E-state index in [0.29, 0.717) is 12.6 Å². The van der Waals surface area contributed by atoms with Gasteiger partial charge in [0.15, 0.2) is 0 Å². The van der Waals surface area contributed by atoms with Crippen LogP contribution in [0.5, 0.6) is 5.75 Å². The Bertz CT molecular complexity index is 466. The van der Waals surface area contributed by atoms with E-state index in [4.69, 9.17) is 16.3 Å².